The van der Waals surface area contributed by atoms with E-state index in [2.05, 4.69) is 39.9 Å². The highest BCUT2D eigenvalue weighted by Crippen LogP contribution is 2.42. The van der Waals surface area contributed by atoms with Crippen molar-refractivity contribution in [3.63, 3.8) is 0 Å². The van der Waals surface area contributed by atoms with Crippen molar-refractivity contribution in [2.45, 2.75) is 65.9 Å². The van der Waals surface area contributed by atoms with Crippen LogP contribution in [0.4, 0.5) is 5.82 Å². The summed E-state index contributed by atoms with van der Waals surface area (Å²) < 4.78 is 6.20. The van der Waals surface area contributed by atoms with Crippen LogP contribution in [-0.2, 0) is 10.3 Å². The Hall–Kier alpha value is -1.16. The summed E-state index contributed by atoms with van der Waals surface area (Å²) in [5.41, 5.74) is 1.89. The zero-order chi connectivity index (χ0) is 15.5. The Morgan fingerprint density at radius 1 is 1.29 bits per heavy atom. The van der Waals surface area contributed by atoms with Gasteiger partial charge < -0.3 is 10.1 Å². The lowest BCUT2D eigenvalue weighted by atomic mass is 9.78. The largest absolute Gasteiger partial charge is 0.370 e. The molecule has 1 heterocycles. The second-order valence-corrected chi connectivity index (χ2v) is 6.27. The first-order valence-electron chi connectivity index (χ1n) is 8.26. The van der Waals surface area contributed by atoms with E-state index in [1.165, 1.54) is 12.8 Å². The van der Waals surface area contributed by atoms with Gasteiger partial charge in [-0.05, 0) is 52.9 Å². The van der Waals surface area contributed by atoms with E-state index in [0.717, 1.165) is 42.3 Å². The van der Waals surface area contributed by atoms with Crippen LogP contribution in [0.1, 0.15) is 63.5 Å². The number of hydrogen-bond donors (Lipinski definition) is 1. The van der Waals surface area contributed by atoms with Crippen molar-refractivity contribution < 1.29 is 4.74 Å². The first-order valence-corrected chi connectivity index (χ1v) is 8.26. The van der Waals surface area contributed by atoms with Crippen molar-refractivity contribution >= 4 is 5.82 Å². The van der Waals surface area contributed by atoms with Crippen LogP contribution in [0.3, 0.4) is 0 Å². The number of hydrogen-bond acceptors (Lipinski definition) is 4. The fraction of sp³-hybridized carbons (Fsp3) is 0.765. The Balaban J connectivity index is 2.44. The van der Waals surface area contributed by atoms with Crippen molar-refractivity contribution in [1.82, 2.24) is 9.97 Å². The van der Waals surface area contributed by atoms with Gasteiger partial charge in [0.1, 0.15) is 11.4 Å². The quantitative estimate of drug-likeness (QED) is 0.891. The van der Waals surface area contributed by atoms with Crippen LogP contribution in [0, 0.1) is 19.8 Å². The van der Waals surface area contributed by atoms with E-state index in [0.29, 0.717) is 12.5 Å². The smallest absolute Gasteiger partial charge is 0.162 e. The maximum atomic E-state index is 6.20. The van der Waals surface area contributed by atoms with E-state index in [-0.39, 0.29) is 5.60 Å². The summed E-state index contributed by atoms with van der Waals surface area (Å²) in [7, 11) is 0. The van der Waals surface area contributed by atoms with Crippen LogP contribution in [0.5, 0.6) is 0 Å². The monoisotopic (exact) mass is 291 g/mol. The van der Waals surface area contributed by atoms with Gasteiger partial charge >= 0.3 is 0 Å². The molecule has 1 N–H and O–H groups in total. The first kappa shape index (κ1) is 16.2. The molecule has 2 atom stereocenters. The summed E-state index contributed by atoms with van der Waals surface area (Å²) in [6.45, 7) is 12.2. The van der Waals surface area contributed by atoms with Gasteiger partial charge in [-0.3, -0.25) is 0 Å². The fourth-order valence-corrected chi connectivity index (χ4v) is 3.35. The van der Waals surface area contributed by atoms with E-state index >= 15 is 0 Å². The molecule has 118 valence electrons. The molecule has 0 radical (unpaired) electrons. The standard InChI is InChI=1S/C17H29N3O/c1-6-18-15-13(4)14(5)19-16(20-15)17(21-7-2)10-8-9-12(3)11-17/h12H,6-11H2,1-5H3,(H,18,19,20). The van der Waals surface area contributed by atoms with Gasteiger partial charge in [-0.1, -0.05) is 13.3 Å². The first-order chi connectivity index (χ1) is 10.0. The molecule has 1 aromatic rings. The highest BCUT2D eigenvalue weighted by atomic mass is 16.5. The van der Waals surface area contributed by atoms with Crippen LogP contribution in [0.2, 0.25) is 0 Å². The minimum absolute atomic E-state index is 0.297. The highest BCUT2D eigenvalue weighted by molar-refractivity contribution is 5.45. The predicted molar refractivity (Wildman–Crippen MR) is 86.6 cm³/mol. The molecule has 0 bridgehead atoms. The Bertz CT molecular complexity index is 485. The van der Waals surface area contributed by atoms with Gasteiger partial charge in [-0.25, -0.2) is 9.97 Å². The van der Waals surface area contributed by atoms with E-state index in [1.54, 1.807) is 0 Å². The van der Waals surface area contributed by atoms with Gasteiger partial charge in [0.25, 0.3) is 0 Å². The predicted octanol–water partition coefficient (Wildman–Crippen LogP) is 3.97. The minimum atomic E-state index is -0.297. The summed E-state index contributed by atoms with van der Waals surface area (Å²) in [5.74, 6) is 2.49. The summed E-state index contributed by atoms with van der Waals surface area (Å²) in [5, 5.41) is 3.36. The Kier molecular flexibility index (Phi) is 5.20. The number of ether oxygens (including phenoxy) is 1. The van der Waals surface area contributed by atoms with E-state index in [9.17, 15) is 0 Å². The van der Waals surface area contributed by atoms with Gasteiger partial charge in [0, 0.05) is 24.4 Å². The van der Waals surface area contributed by atoms with Crippen molar-refractivity contribution in [3.8, 4) is 0 Å². The average molecular weight is 291 g/mol. The number of aromatic nitrogens is 2. The topological polar surface area (TPSA) is 47.0 Å². The van der Waals surface area contributed by atoms with Crippen LogP contribution >= 0.6 is 0 Å². The molecule has 1 aromatic heterocycles. The van der Waals surface area contributed by atoms with Crippen LogP contribution in [0.15, 0.2) is 0 Å². The number of anilines is 1. The average Bonchev–Trinajstić information content (AvgIpc) is 2.44. The molecular weight excluding hydrogens is 262 g/mol. The Morgan fingerprint density at radius 3 is 2.67 bits per heavy atom. The van der Waals surface area contributed by atoms with Crippen LogP contribution in [-0.4, -0.2) is 23.1 Å². The molecule has 4 nitrogen and oxygen atoms in total. The van der Waals surface area contributed by atoms with E-state index in [1.807, 2.05) is 0 Å². The minimum Gasteiger partial charge on any atom is -0.370 e. The summed E-state index contributed by atoms with van der Waals surface area (Å²) >= 11 is 0. The number of aryl methyl sites for hydroxylation is 1. The second kappa shape index (κ2) is 6.73. The molecule has 2 rings (SSSR count). The molecule has 0 aromatic carbocycles. The molecular formula is C17H29N3O. The maximum Gasteiger partial charge on any atom is 0.162 e. The molecule has 0 aliphatic heterocycles. The van der Waals surface area contributed by atoms with Crippen molar-refractivity contribution in [2.24, 2.45) is 5.92 Å². The molecule has 1 aliphatic carbocycles. The van der Waals surface area contributed by atoms with Crippen LogP contribution < -0.4 is 5.32 Å². The van der Waals surface area contributed by atoms with Gasteiger partial charge in [-0.2, -0.15) is 0 Å². The number of nitrogens with zero attached hydrogens (tertiary/aromatic N) is 2. The Labute approximate surface area is 128 Å². The van der Waals surface area contributed by atoms with Gasteiger partial charge in [0.05, 0.1) is 0 Å². The number of rotatable bonds is 5. The second-order valence-electron chi connectivity index (χ2n) is 6.27. The lowest BCUT2D eigenvalue weighted by Gasteiger charge is -2.38. The van der Waals surface area contributed by atoms with Crippen LogP contribution in [0.25, 0.3) is 0 Å². The SMILES string of the molecule is CCNc1nc(C2(OCC)CCCC(C)C2)nc(C)c1C. The van der Waals surface area contributed by atoms with Crippen molar-refractivity contribution in [2.75, 3.05) is 18.5 Å². The zero-order valence-electron chi connectivity index (χ0n) is 14.1. The molecule has 21 heavy (non-hydrogen) atoms. The zero-order valence-corrected chi connectivity index (χ0v) is 14.1. The van der Waals surface area contributed by atoms with E-state index in [4.69, 9.17) is 14.7 Å². The molecule has 0 spiro atoms. The summed E-state index contributed by atoms with van der Waals surface area (Å²) in [6, 6.07) is 0. The van der Waals surface area contributed by atoms with E-state index < -0.39 is 0 Å². The van der Waals surface area contributed by atoms with Crippen molar-refractivity contribution in [3.05, 3.63) is 17.1 Å². The van der Waals surface area contributed by atoms with Gasteiger partial charge in [0.2, 0.25) is 0 Å². The summed E-state index contributed by atoms with van der Waals surface area (Å²) in [6.07, 6.45) is 4.52. The third-order valence-corrected chi connectivity index (χ3v) is 4.52. The Morgan fingerprint density at radius 2 is 2.05 bits per heavy atom. The van der Waals surface area contributed by atoms with Gasteiger partial charge in [0.15, 0.2) is 5.82 Å². The molecule has 2 unspecified atom stereocenters. The lowest BCUT2D eigenvalue weighted by Crippen LogP contribution is -2.37. The summed E-state index contributed by atoms with van der Waals surface area (Å²) in [4.78, 5) is 9.61. The third-order valence-electron chi connectivity index (χ3n) is 4.52. The lowest BCUT2D eigenvalue weighted by molar-refractivity contribution is -0.0881. The van der Waals surface area contributed by atoms with Crippen molar-refractivity contribution in [1.29, 1.82) is 0 Å². The number of nitrogens with one attached hydrogen (secondary N) is 1. The highest BCUT2D eigenvalue weighted by Gasteiger charge is 2.40. The van der Waals surface area contributed by atoms with Gasteiger partial charge in [-0.15, -0.1) is 0 Å². The molecule has 4 heteroatoms. The third kappa shape index (κ3) is 3.37. The maximum absolute atomic E-state index is 6.20. The molecule has 0 saturated heterocycles. The normalized spacial score (nSPS) is 25.9. The fourth-order valence-electron chi connectivity index (χ4n) is 3.35. The molecule has 1 aliphatic rings. The molecule has 0 amide bonds. The molecule has 1 saturated carbocycles. The molecule has 1 fully saturated rings.